The van der Waals surface area contributed by atoms with E-state index in [0.29, 0.717) is 42.6 Å². The lowest BCUT2D eigenvalue weighted by atomic mass is 10.2. The second-order valence-corrected chi connectivity index (χ2v) is 8.02. The van der Waals surface area contributed by atoms with Gasteiger partial charge in [0.2, 0.25) is 5.91 Å². The SMILES string of the molecule is O=C(Cn1cc(-c2ncc(C#CC3CC3)cc2OC2CC2)nn1)N1CC[C@@H](O)C1. The van der Waals surface area contributed by atoms with Crippen molar-refractivity contribution >= 4 is 5.91 Å². The Balaban J connectivity index is 1.34. The number of carbonyl (C=O) groups is 1. The van der Waals surface area contributed by atoms with Gasteiger partial charge in [-0.25, -0.2) is 9.67 Å². The Kier molecular flexibility index (Phi) is 4.68. The monoisotopic (exact) mass is 393 g/mol. The molecule has 2 aromatic rings. The molecule has 1 aliphatic heterocycles. The van der Waals surface area contributed by atoms with Gasteiger partial charge in [-0.3, -0.25) is 4.79 Å². The van der Waals surface area contributed by atoms with Crippen molar-refractivity contribution in [2.75, 3.05) is 13.1 Å². The molecule has 2 saturated carbocycles. The van der Waals surface area contributed by atoms with Crippen LogP contribution in [0.4, 0.5) is 0 Å². The van der Waals surface area contributed by atoms with E-state index in [4.69, 9.17) is 4.74 Å². The summed E-state index contributed by atoms with van der Waals surface area (Å²) in [4.78, 5) is 18.6. The highest BCUT2D eigenvalue weighted by Crippen LogP contribution is 2.33. The second-order valence-electron chi connectivity index (χ2n) is 8.02. The van der Waals surface area contributed by atoms with E-state index in [2.05, 4.69) is 27.1 Å². The van der Waals surface area contributed by atoms with Crippen LogP contribution in [0.25, 0.3) is 11.4 Å². The van der Waals surface area contributed by atoms with Crippen LogP contribution in [0, 0.1) is 17.8 Å². The topological polar surface area (TPSA) is 93.4 Å². The van der Waals surface area contributed by atoms with Gasteiger partial charge in [0.25, 0.3) is 0 Å². The fourth-order valence-corrected chi connectivity index (χ4v) is 3.26. The first-order valence-corrected chi connectivity index (χ1v) is 10.2. The van der Waals surface area contributed by atoms with Crippen molar-refractivity contribution < 1.29 is 14.6 Å². The highest BCUT2D eigenvalue weighted by molar-refractivity contribution is 5.76. The van der Waals surface area contributed by atoms with E-state index in [-0.39, 0.29) is 18.6 Å². The van der Waals surface area contributed by atoms with Gasteiger partial charge in [-0.15, -0.1) is 5.10 Å². The predicted molar refractivity (Wildman–Crippen MR) is 104 cm³/mol. The smallest absolute Gasteiger partial charge is 0.244 e. The van der Waals surface area contributed by atoms with E-state index in [1.807, 2.05) is 6.07 Å². The highest BCUT2D eigenvalue weighted by Gasteiger charge is 2.27. The van der Waals surface area contributed by atoms with Gasteiger partial charge >= 0.3 is 0 Å². The molecule has 2 aromatic heterocycles. The van der Waals surface area contributed by atoms with Gasteiger partial charge in [-0.05, 0) is 38.2 Å². The number of ether oxygens (including phenoxy) is 1. The summed E-state index contributed by atoms with van der Waals surface area (Å²) in [7, 11) is 0. The molecule has 1 saturated heterocycles. The Hall–Kier alpha value is -2.92. The number of rotatable bonds is 5. The van der Waals surface area contributed by atoms with Crippen LogP contribution in [0.5, 0.6) is 5.75 Å². The minimum atomic E-state index is -0.432. The highest BCUT2D eigenvalue weighted by atomic mass is 16.5. The van der Waals surface area contributed by atoms with E-state index < -0.39 is 6.10 Å². The molecule has 1 atom stereocenters. The number of likely N-dealkylation sites (tertiary alicyclic amines) is 1. The van der Waals surface area contributed by atoms with E-state index in [0.717, 1.165) is 18.4 Å². The number of hydrogen-bond donors (Lipinski definition) is 1. The molecular formula is C21H23N5O3. The van der Waals surface area contributed by atoms with Crippen LogP contribution in [-0.2, 0) is 11.3 Å². The predicted octanol–water partition coefficient (Wildman–Crippen LogP) is 1.24. The van der Waals surface area contributed by atoms with Crippen LogP contribution in [0.15, 0.2) is 18.5 Å². The summed E-state index contributed by atoms with van der Waals surface area (Å²) >= 11 is 0. The molecule has 29 heavy (non-hydrogen) atoms. The number of hydrogen-bond acceptors (Lipinski definition) is 6. The minimum Gasteiger partial charge on any atom is -0.488 e. The van der Waals surface area contributed by atoms with E-state index in [9.17, 15) is 9.90 Å². The van der Waals surface area contributed by atoms with Crippen LogP contribution in [0.1, 0.15) is 37.7 Å². The second kappa shape index (κ2) is 7.48. The molecule has 1 N–H and O–H groups in total. The molecule has 0 bridgehead atoms. The van der Waals surface area contributed by atoms with Crippen molar-refractivity contribution in [1.82, 2.24) is 24.9 Å². The summed E-state index contributed by atoms with van der Waals surface area (Å²) in [5.74, 6) is 7.54. The van der Waals surface area contributed by atoms with Crippen LogP contribution >= 0.6 is 0 Å². The summed E-state index contributed by atoms with van der Waals surface area (Å²) < 4.78 is 7.55. The van der Waals surface area contributed by atoms with Crippen molar-refractivity contribution in [3.8, 4) is 29.0 Å². The maximum atomic E-state index is 12.4. The summed E-state index contributed by atoms with van der Waals surface area (Å²) in [5, 5.41) is 17.9. The van der Waals surface area contributed by atoms with Gasteiger partial charge in [0, 0.05) is 30.8 Å². The Bertz CT molecular complexity index is 984. The molecule has 8 heteroatoms. The zero-order valence-electron chi connectivity index (χ0n) is 16.1. The van der Waals surface area contributed by atoms with E-state index in [1.54, 1.807) is 17.3 Å². The van der Waals surface area contributed by atoms with Crippen molar-refractivity contribution in [2.45, 2.75) is 50.9 Å². The largest absolute Gasteiger partial charge is 0.488 e. The fourth-order valence-electron chi connectivity index (χ4n) is 3.26. The van der Waals surface area contributed by atoms with Crippen LogP contribution in [0.2, 0.25) is 0 Å². The van der Waals surface area contributed by atoms with Crippen LogP contribution < -0.4 is 4.74 Å². The van der Waals surface area contributed by atoms with Gasteiger partial charge in [0.1, 0.15) is 23.7 Å². The maximum Gasteiger partial charge on any atom is 0.244 e. The molecule has 150 valence electrons. The normalized spacial score (nSPS) is 21.0. The molecule has 1 amide bonds. The average molecular weight is 393 g/mol. The Morgan fingerprint density at radius 1 is 1.28 bits per heavy atom. The first kappa shape index (κ1) is 18.1. The lowest BCUT2D eigenvalue weighted by Crippen LogP contribution is -2.32. The molecule has 5 rings (SSSR count). The third-order valence-electron chi connectivity index (χ3n) is 5.26. The molecule has 0 aromatic carbocycles. The van der Waals surface area contributed by atoms with Gasteiger partial charge < -0.3 is 14.7 Å². The molecule has 0 unspecified atom stereocenters. The Labute approximate surface area is 168 Å². The van der Waals surface area contributed by atoms with Crippen LogP contribution in [0.3, 0.4) is 0 Å². The molecule has 2 aliphatic carbocycles. The van der Waals surface area contributed by atoms with Gasteiger partial charge in [-0.2, -0.15) is 0 Å². The number of β-amino-alcohol motifs (C(OH)–C–C–N with tert-alkyl or cyclic N) is 1. The van der Waals surface area contributed by atoms with Crippen molar-refractivity contribution in [1.29, 1.82) is 0 Å². The summed E-state index contributed by atoms with van der Waals surface area (Å²) in [6.07, 6.45) is 8.31. The van der Waals surface area contributed by atoms with Crippen molar-refractivity contribution in [3.05, 3.63) is 24.0 Å². The average Bonchev–Trinajstić information content (AvgIpc) is 3.62. The van der Waals surface area contributed by atoms with Crippen LogP contribution in [-0.4, -0.2) is 61.2 Å². The molecule has 3 fully saturated rings. The van der Waals surface area contributed by atoms with Crippen molar-refractivity contribution in [3.63, 3.8) is 0 Å². The first-order chi connectivity index (χ1) is 14.1. The Morgan fingerprint density at radius 3 is 2.86 bits per heavy atom. The molecule has 0 spiro atoms. The zero-order chi connectivity index (χ0) is 19.8. The number of pyridine rings is 1. The van der Waals surface area contributed by atoms with E-state index in [1.165, 1.54) is 17.5 Å². The number of aromatic nitrogens is 4. The molecule has 0 radical (unpaired) electrons. The summed E-state index contributed by atoms with van der Waals surface area (Å²) in [6.45, 7) is 1.04. The first-order valence-electron chi connectivity index (χ1n) is 10.2. The summed E-state index contributed by atoms with van der Waals surface area (Å²) in [5.41, 5.74) is 2.02. The zero-order valence-corrected chi connectivity index (χ0v) is 16.1. The standard InChI is InChI=1S/C21H23N5O3/c27-16-7-8-25(11-16)20(28)13-26-12-18(23-24-26)21-19(29-17-5-6-17)9-15(10-22-21)4-3-14-1-2-14/h9-10,12,14,16-17,27H,1-2,5-8,11,13H2/t16-/m1/s1. The molecular weight excluding hydrogens is 370 g/mol. The number of amides is 1. The lowest BCUT2D eigenvalue weighted by molar-refractivity contribution is -0.131. The minimum absolute atomic E-state index is 0.0777. The molecule has 3 aliphatic rings. The molecule has 3 heterocycles. The fraction of sp³-hybridized carbons (Fsp3) is 0.524. The van der Waals surface area contributed by atoms with E-state index >= 15 is 0 Å². The number of aliphatic hydroxyl groups is 1. The quantitative estimate of drug-likeness (QED) is 0.768. The summed E-state index contributed by atoms with van der Waals surface area (Å²) in [6, 6.07) is 1.92. The number of carbonyl (C=O) groups excluding carboxylic acids is 1. The number of aliphatic hydroxyl groups excluding tert-OH is 1. The van der Waals surface area contributed by atoms with Gasteiger partial charge in [-0.1, -0.05) is 17.1 Å². The third-order valence-corrected chi connectivity index (χ3v) is 5.26. The third kappa shape index (κ3) is 4.40. The number of nitrogens with zero attached hydrogens (tertiary/aromatic N) is 5. The maximum absolute atomic E-state index is 12.4. The van der Waals surface area contributed by atoms with Gasteiger partial charge in [0.15, 0.2) is 0 Å². The van der Waals surface area contributed by atoms with Gasteiger partial charge in [0.05, 0.1) is 18.4 Å². The van der Waals surface area contributed by atoms with Crippen molar-refractivity contribution in [2.24, 2.45) is 5.92 Å². The Morgan fingerprint density at radius 2 is 2.14 bits per heavy atom. The molecule has 8 nitrogen and oxygen atoms in total. The lowest BCUT2D eigenvalue weighted by Gasteiger charge is -2.14.